The van der Waals surface area contributed by atoms with E-state index in [4.69, 9.17) is 23.8 Å². The Balaban J connectivity index is 1.98. The number of alkyl halides is 3. The Hall–Kier alpha value is -1.90. The molecule has 2 aromatic rings. The molecule has 3 nitrogen and oxygen atoms in total. The van der Waals surface area contributed by atoms with Crippen LogP contribution in [0.25, 0.3) is 6.08 Å². The number of anilines is 1. The molecule has 1 aliphatic heterocycles. The van der Waals surface area contributed by atoms with Crippen LogP contribution < -0.4 is 4.90 Å². The number of thioether (sulfide) groups is 1. The van der Waals surface area contributed by atoms with E-state index < -0.39 is 22.7 Å². The third-order valence-corrected chi connectivity index (χ3v) is 4.92. The van der Waals surface area contributed by atoms with Crippen molar-refractivity contribution >= 4 is 57.6 Å². The number of halogens is 4. The van der Waals surface area contributed by atoms with Gasteiger partial charge in [0.15, 0.2) is 4.32 Å². The first-order valence-corrected chi connectivity index (χ1v) is 8.42. The number of benzene rings is 1. The van der Waals surface area contributed by atoms with Crippen LogP contribution in [0.5, 0.6) is 0 Å². The summed E-state index contributed by atoms with van der Waals surface area (Å²) in [6.45, 7) is 0. The molecule has 9 heteroatoms. The normalized spacial score (nSPS) is 16.8. The lowest BCUT2D eigenvalue weighted by Gasteiger charge is -2.17. The smallest absolute Gasteiger partial charge is 0.268 e. The first-order valence-electron chi connectivity index (χ1n) is 6.82. The highest BCUT2D eigenvalue weighted by Crippen LogP contribution is 2.40. The number of hydrogen-bond donors (Lipinski definition) is 0. The Labute approximate surface area is 155 Å². The molecule has 0 unspecified atom stereocenters. The number of rotatable bonds is 2. The fraction of sp³-hybridized carbons (Fsp3) is 0.0625. The highest BCUT2D eigenvalue weighted by atomic mass is 35.5. The highest BCUT2D eigenvalue weighted by molar-refractivity contribution is 8.27. The van der Waals surface area contributed by atoms with Gasteiger partial charge in [-0.2, -0.15) is 13.2 Å². The predicted molar refractivity (Wildman–Crippen MR) is 96.3 cm³/mol. The standard InChI is InChI=1S/C16H8ClF3N2OS2/c17-12-4-3-10(7-11(12)16(18,19)20)22-14(23)13(25-15(22)24)6-9-2-1-5-21-8-9/h1-8H. The van der Waals surface area contributed by atoms with E-state index in [1.165, 1.54) is 6.07 Å². The van der Waals surface area contributed by atoms with Gasteiger partial charge in [-0.05, 0) is 35.9 Å². The van der Waals surface area contributed by atoms with Crippen LogP contribution in [0.3, 0.4) is 0 Å². The van der Waals surface area contributed by atoms with E-state index in [1.54, 1.807) is 30.6 Å². The van der Waals surface area contributed by atoms with Gasteiger partial charge in [-0.3, -0.25) is 14.7 Å². The summed E-state index contributed by atoms with van der Waals surface area (Å²) in [4.78, 5) is 17.9. The van der Waals surface area contributed by atoms with E-state index >= 15 is 0 Å². The van der Waals surface area contributed by atoms with Crippen molar-refractivity contribution in [2.75, 3.05) is 4.90 Å². The summed E-state index contributed by atoms with van der Waals surface area (Å²) in [6, 6.07) is 6.71. The zero-order valence-corrected chi connectivity index (χ0v) is 14.6. The fourth-order valence-corrected chi connectivity index (χ4v) is 3.70. The minimum Gasteiger partial charge on any atom is -0.268 e. The second-order valence-electron chi connectivity index (χ2n) is 4.97. The molecule has 25 heavy (non-hydrogen) atoms. The van der Waals surface area contributed by atoms with E-state index in [1.807, 2.05) is 0 Å². The van der Waals surface area contributed by atoms with Crippen LogP contribution in [0.1, 0.15) is 11.1 Å². The second-order valence-corrected chi connectivity index (χ2v) is 7.05. The average molecular weight is 401 g/mol. The Kier molecular flexibility index (Phi) is 4.86. The van der Waals surface area contributed by atoms with E-state index in [0.29, 0.717) is 10.5 Å². The van der Waals surface area contributed by atoms with Gasteiger partial charge in [0.05, 0.1) is 21.2 Å². The van der Waals surface area contributed by atoms with Crippen molar-refractivity contribution < 1.29 is 18.0 Å². The van der Waals surface area contributed by atoms with Gasteiger partial charge < -0.3 is 0 Å². The number of pyridine rings is 1. The van der Waals surface area contributed by atoms with Gasteiger partial charge in [-0.25, -0.2) is 0 Å². The Morgan fingerprint density at radius 2 is 2.04 bits per heavy atom. The molecule has 0 radical (unpaired) electrons. The molecule has 0 atom stereocenters. The monoisotopic (exact) mass is 400 g/mol. The quantitative estimate of drug-likeness (QED) is 0.515. The predicted octanol–water partition coefficient (Wildman–Crippen LogP) is 5.16. The average Bonchev–Trinajstić information content (AvgIpc) is 2.82. The van der Waals surface area contributed by atoms with Crippen molar-refractivity contribution in [1.82, 2.24) is 4.98 Å². The number of amides is 1. The van der Waals surface area contributed by atoms with Gasteiger partial charge in [0.2, 0.25) is 0 Å². The molecule has 1 aromatic heterocycles. The molecular formula is C16H8ClF3N2OS2. The lowest BCUT2D eigenvalue weighted by molar-refractivity contribution is -0.137. The molecule has 1 aromatic carbocycles. The molecule has 0 aliphatic carbocycles. The lowest BCUT2D eigenvalue weighted by Crippen LogP contribution is -2.27. The van der Waals surface area contributed by atoms with Crippen molar-refractivity contribution in [2.24, 2.45) is 0 Å². The summed E-state index contributed by atoms with van der Waals surface area (Å²) < 4.78 is 39.2. The number of thiocarbonyl (C=S) groups is 1. The van der Waals surface area contributed by atoms with Crippen molar-refractivity contribution in [3.8, 4) is 0 Å². The highest BCUT2D eigenvalue weighted by Gasteiger charge is 2.37. The zero-order valence-electron chi connectivity index (χ0n) is 12.2. The van der Waals surface area contributed by atoms with Gasteiger partial charge in [0.1, 0.15) is 0 Å². The molecule has 3 rings (SSSR count). The minimum atomic E-state index is -4.63. The van der Waals surface area contributed by atoms with Crippen LogP contribution in [-0.4, -0.2) is 15.2 Å². The van der Waals surface area contributed by atoms with Gasteiger partial charge in [0, 0.05) is 12.4 Å². The number of nitrogens with zero attached hydrogens (tertiary/aromatic N) is 2. The molecule has 1 saturated heterocycles. The molecule has 0 saturated carbocycles. The van der Waals surface area contributed by atoms with Gasteiger partial charge >= 0.3 is 6.18 Å². The van der Waals surface area contributed by atoms with Crippen LogP contribution in [-0.2, 0) is 11.0 Å². The molecule has 0 spiro atoms. The van der Waals surface area contributed by atoms with E-state index in [-0.39, 0.29) is 10.0 Å². The molecule has 128 valence electrons. The van der Waals surface area contributed by atoms with Crippen LogP contribution in [0.4, 0.5) is 18.9 Å². The summed E-state index contributed by atoms with van der Waals surface area (Å²) >= 11 is 11.8. The fourth-order valence-electron chi connectivity index (χ4n) is 2.17. The SMILES string of the molecule is O=C1C(=Cc2cccnc2)SC(=S)N1c1ccc(Cl)c(C(F)(F)F)c1. The number of carbonyl (C=O) groups is 1. The third kappa shape index (κ3) is 3.70. The Morgan fingerprint density at radius 3 is 2.68 bits per heavy atom. The molecule has 1 aliphatic rings. The summed E-state index contributed by atoms with van der Waals surface area (Å²) in [5, 5.41) is -0.437. The van der Waals surface area contributed by atoms with Crippen LogP contribution in [0, 0.1) is 0 Å². The summed E-state index contributed by atoms with van der Waals surface area (Å²) in [5.74, 6) is -0.491. The maximum absolute atomic E-state index is 13.0. The second kappa shape index (κ2) is 6.78. The largest absolute Gasteiger partial charge is 0.417 e. The van der Waals surface area contributed by atoms with Gasteiger partial charge in [-0.1, -0.05) is 41.6 Å². The van der Waals surface area contributed by atoms with E-state index in [9.17, 15) is 18.0 Å². The Bertz CT molecular complexity index is 885. The maximum Gasteiger partial charge on any atom is 0.417 e. The van der Waals surface area contributed by atoms with Gasteiger partial charge in [-0.15, -0.1) is 0 Å². The van der Waals surface area contributed by atoms with Crippen molar-refractivity contribution in [1.29, 1.82) is 0 Å². The third-order valence-electron chi connectivity index (χ3n) is 3.29. The van der Waals surface area contributed by atoms with Crippen LogP contribution in [0.2, 0.25) is 5.02 Å². The number of carbonyl (C=O) groups excluding carboxylic acids is 1. The van der Waals surface area contributed by atoms with Crippen LogP contribution in [0.15, 0.2) is 47.6 Å². The number of aromatic nitrogens is 1. The topological polar surface area (TPSA) is 33.2 Å². The van der Waals surface area contributed by atoms with Gasteiger partial charge in [0.25, 0.3) is 5.91 Å². The Morgan fingerprint density at radius 1 is 1.28 bits per heavy atom. The number of hydrogen-bond acceptors (Lipinski definition) is 4. The van der Waals surface area contributed by atoms with Crippen molar-refractivity contribution in [3.63, 3.8) is 0 Å². The molecular weight excluding hydrogens is 393 g/mol. The van der Waals surface area contributed by atoms with Crippen LogP contribution >= 0.6 is 35.6 Å². The molecule has 1 fully saturated rings. The maximum atomic E-state index is 13.0. The van der Waals surface area contributed by atoms with Crippen molar-refractivity contribution in [3.05, 3.63) is 63.8 Å². The summed E-state index contributed by atoms with van der Waals surface area (Å²) in [6.07, 6.45) is 0.122. The summed E-state index contributed by atoms with van der Waals surface area (Å²) in [5.41, 5.74) is -0.305. The molecule has 0 N–H and O–H groups in total. The van der Waals surface area contributed by atoms with E-state index in [2.05, 4.69) is 4.98 Å². The molecule has 2 heterocycles. The van der Waals surface area contributed by atoms with Crippen molar-refractivity contribution in [2.45, 2.75) is 6.18 Å². The van der Waals surface area contributed by atoms with E-state index in [0.717, 1.165) is 28.8 Å². The molecule has 0 bridgehead atoms. The minimum absolute atomic E-state index is 0.0220. The first kappa shape index (κ1) is 17.9. The molecule has 1 amide bonds. The first-order chi connectivity index (χ1) is 11.8. The zero-order chi connectivity index (χ0) is 18.2. The lowest BCUT2D eigenvalue weighted by atomic mass is 10.1. The summed E-state index contributed by atoms with van der Waals surface area (Å²) in [7, 11) is 0.